The Morgan fingerprint density at radius 3 is 1.80 bits per heavy atom. The number of hydrogen-bond acceptors (Lipinski definition) is 2. The first-order chi connectivity index (χ1) is 1.73. The van der Waals surface area contributed by atoms with E-state index in [2.05, 4.69) is 0 Å². The Labute approximate surface area is 52.0 Å². The van der Waals surface area contributed by atoms with Crippen molar-refractivity contribution in [3.8, 4) is 0 Å². The van der Waals surface area contributed by atoms with Crippen molar-refractivity contribution in [2.45, 2.75) is 0 Å². The molecule has 0 aromatic carbocycles. The Morgan fingerprint density at radius 2 is 1.80 bits per heavy atom. The van der Waals surface area contributed by atoms with E-state index in [1.54, 1.807) is 0 Å². The van der Waals surface area contributed by atoms with E-state index in [-0.39, 0.29) is 41.7 Å². The van der Waals surface area contributed by atoms with Crippen molar-refractivity contribution >= 4 is 0 Å². The number of nitrogens with zero attached hydrogens (tertiary/aromatic N) is 1. The van der Waals surface area contributed by atoms with Crippen LogP contribution in [-0.2, 0) is 38.0 Å². The van der Waals surface area contributed by atoms with Crippen LogP contribution in [0.2, 0.25) is 0 Å². The molecule has 3 nitrogen and oxygen atoms in total. The Kier molecular flexibility index (Phi) is 8.52. The normalized spacial score (nSPS) is 5.20. The minimum Gasteiger partial charge on any atom is 0 e. The van der Waals surface area contributed by atoms with Crippen LogP contribution < -0.4 is 0 Å². The summed E-state index contributed by atoms with van der Waals surface area (Å²) in [5, 5.41) is 8.86. The van der Waals surface area contributed by atoms with Gasteiger partial charge in [0.2, 0.25) is 0 Å². The van der Waals surface area contributed by atoms with E-state index in [1.807, 2.05) is 0 Å². The fraction of sp³-hybridized carbons (Fsp3) is 0. The Balaban J connectivity index is 0. The van der Waals surface area contributed by atoms with Crippen LogP contribution in [0.4, 0.5) is 0 Å². The molecule has 0 N–H and O–H groups in total. The van der Waals surface area contributed by atoms with Gasteiger partial charge in [0.25, 0.3) is 0 Å². The van der Waals surface area contributed by atoms with Gasteiger partial charge in [-0.25, -0.2) is 0 Å². The summed E-state index contributed by atoms with van der Waals surface area (Å²) in [7, 11) is 0. The molecule has 0 radical (unpaired) electrons. The van der Waals surface area contributed by atoms with Gasteiger partial charge in [0, 0.05) is 19.5 Å². The molecular weight excluding hydrogens is 177 g/mol. The predicted molar refractivity (Wildman–Crippen MR) is 6.99 cm³/mol. The zero-order valence-electron chi connectivity index (χ0n) is 2.68. The second-order valence-corrected chi connectivity index (χ2v) is 1.42. The van der Waals surface area contributed by atoms with Crippen molar-refractivity contribution in [3.05, 3.63) is 10.1 Å². The van der Waals surface area contributed by atoms with Crippen LogP contribution in [0.5, 0.6) is 0 Å². The zero-order valence-corrected chi connectivity index (χ0v) is 8.61. The third-order valence-corrected chi connectivity index (χ3v) is 0. The third kappa shape index (κ3) is 77.8. The molecule has 21 valence electrons. The van der Waals surface area contributed by atoms with E-state index >= 15 is 0 Å². The van der Waals surface area contributed by atoms with Gasteiger partial charge in [-0.2, -0.15) is 0 Å². The molecule has 0 rings (SSSR count). The smallest absolute Gasteiger partial charge is 0 e. The van der Waals surface area contributed by atoms with Gasteiger partial charge >= 0.3 is 32.3 Å². The first kappa shape index (κ1) is 9.17. The SMILES string of the molecule is O=[N+]([O-])[Zn].[Zn]. The topological polar surface area (TPSA) is 43.1 Å². The van der Waals surface area contributed by atoms with Crippen molar-refractivity contribution in [1.82, 2.24) is 0 Å². The van der Waals surface area contributed by atoms with Gasteiger partial charge in [0.15, 0.2) is 0 Å². The Morgan fingerprint density at radius 1 is 1.80 bits per heavy atom. The molecule has 0 fully saturated rings. The molecule has 0 heterocycles. The average molecular weight is 177 g/mol. The summed E-state index contributed by atoms with van der Waals surface area (Å²) in [5.74, 6) is 0. The monoisotopic (exact) mass is 174 g/mol. The molecular formula is NO2Zn2. The van der Waals surface area contributed by atoms with Crippen molar-refractivity contribution in [2.75, 3.05) is 0 Å². The second kappa shape index (κ2) is 4.65. The zero-order chi connectivity index (χ0) is 3.58. The van der Waals surface area contributed by atoms with Gasteiger partial charge in [0.05, 0.1) is 0 Å². The Hall–Kier alpha value is 0.647. The summed E-state index contributed by atoms with van der Waals surface area (Å²) in [4.78, 5) is 8.86. The molecule has 0 saturated carbocycles. The van der Waals surface area contributed by atoms with Crippen LogP contribution in [0.1, 0.15) is 0 Å². The quantitative estimate of drug-likeness (QED) is 0.290. The molecule has 0 aliphatic carbocycles. The minimum atomic E-state index is -0.375. The van der Waals surface area contributed by atoms with E-state index in [9.17, 15) is 0 Å². The van der Waals surface area contributed by atoms with Gasteiger partial charge in [-0.05, 0) is 0 Å². The summed E-state index contributed by atoms with van der Waals surface area (Å²) in [6, 6.07) is 0. The molecule has 0 aliphatic rings. The van der Waals surface area contributed by atoms with Crippen LogP contribution in [0.3, 0.4) is 0 Å². The van der Waals surface area contributed by atoms with Crippen molar-refractivity contribution < 1.29 is 41.7 Å². The van der Waals surface area contributed by atoms with Crippen molar-refractivity contribution in [1.29, 1.82) is 0 Å². The fourth-order valence-corrected chi connectivity index (χ4v) is 0. The van der Waals surface area contributed by atoms with Crippen LogP contribution in [-0.4, -0.2) is 3.67 Å². The maximum absolute atomic E-state index is 8.86. The molecule has 0 aliphatic heterocycles. The number of hydrogen-bond donors (Lipinski definition) is 0. The summed E-state index contributed by atoms with van der Waals surface area (Å²) < 4.78 is -0.375. The van der Waals surface area contributed by atoms with Crippen LogP contribution in [0.25, 0.3) is 0 Å². The minimum absolute atomic E-state index is 0. The van der Waals surface area contributed by atoms with Crippen molar-refractivity contribution in [3.63, 3.8) is 0 Å². The molecule has 0 saturated heterocycles. The van der Waals surface area contributed by atoms with Gasteiger partial charge in [-0.1, -0.05) is 0 Å². The molecule has 5 heteroatoms. The summed E-state index contributed by atoms with van der Waals surface area (Å²) >= 11 is 0.153. The molecule has 0 spiro atoms. The maximum atomic E-state index is 8.86. The first-order valence-corrected chi connectivity index (χ1v) is 2.01. The molecule has 0 atom stereocenters. The molecule has 0 bridgehead atoms. The maximum Gasteiger partial charge on any atom is 0 e. The first-order valence-electron chi connectivity index (χ1n) is 0.681. The van der Waals surface area contributed by atoms with Gasteiger partial charge in [-0.3, -0.25) is 0 Å². The van der Waals surface area contributed by atoms with Crippen LogP contribution in [0.15, 0.2) is 0 Å². The standard InChI is InChI=1S/NO2.2Zn/c2-1-3;;. The largest absolute Gasteiger partial charge is 0 e. The number of nitro groups is 1. The van der Waals surface area contributed by atoms with E-state index in [0.29, 0.717) is 0 Å². The summed E-state index contributed by atoms with van der Waals surface area (Å²) in [6.07, 6.45) is 0. The second-order valence-electron chi connectivity index (χ2n) is 0.333. The third-order valence-electron chi connectivity index (χ3n) is 0. The van der Waals surface area contributed by atoms with E-state index in [1.165, 1.54) is 0 Å². The predicted octanol–water partition coefficient (Wildman–Crippen LogP) is -0.278. The van der Waals surface area contributed by atoms with E-state index < -0.39 is 0 Å². The number of rotatable bonds is 0. The summed E-state index contributed by atoms with van der Waals surface area (Å²) in [5.41, 5.74) is 0. The van der Waals surface area contributed by atoms with Crippen LogP contribution in [0, 0.1) is 10.1 Å². The fourth-order valence-electron chi connectivity index (χ4n) is 0. The molecule has 0 amide bonds. The molecule has 0 aromatic heterocycles. The van der Waals surface area contributed by atoms with Gasteiger partial charge in [0.1, 0.15) is 0 Å². The van der Waals surface area contributed by atoms with E-state index in [0.717, 1.165) is 0 Å². The molecule has 0 unspecified atom stereocenters. The average Bonchev–Trinajstić information content (AvgIpc) is 0.811. The van der Waals surface area contributed by atoms with Gasteiger partial charge in [-0.15, -0.1) is 0 Å². The van der Waals surface area contributed by atoms with E-state index in [4.69, 9.17) is 10.1 Å². The van der Waals surface area contributed by atoms with Crippen LogP contribution >= 0.6 is 0 Å². The Bertz CT molecular complexity index is 30.6. The van der Waals surface area contributed by atoms with Gasteiger partial charge < -0.3 is 0 Å². The summed E-state index contributed by atoms with van der Waals surface area (Å²) in [6.45, 7) is 0. The molecule has 5 heavy (non-hydrogen) atoms. The molecule has 0 aromatic rings. The van der Waals surface area contributed by atoms with Crippen molar-refractivity contribution in [2.24, 2.45) is 0 Å².